The number of nitrogens with zero attached hydrogens (tertiary/aromatic N) is 5. The van der Waals surface area contributed by atoms with Crippen LogP contribution in [-0.4, -0.2) is 25.1 Å². The number of non-ortho nitro benzene ring substituents is 1. The van der Waals surface area contributed by atoms with Crippen LogP contribution < -0.4 is 0 Å². The maximum absolute atomic E-state index is 11.0. The Labute approximate surface area is 149 Å². The second-order valence-corrected chi connectivity index (χ2v) is 7.08. The minimum atomic E-state index is -0.388. The number of nitro groups is 1. The molecule has 1 heterocycles. The Hall–Kier alpha value is -2.74. The van der Waals surface area contributed by atoms with Gasteiger partial charge in [-0.1, -0.05) is 41.6 Å². The summed E-state index contributed by atoms with van der Waals surface area (Å²) in [5.41, 5.74) is 4.11. The summed E-state index contributed by atoms with van der Waals surface area (Å²) in [4.78, 5) is 10.6. The summed E-state index contributed by atoms with van der Waals surface area (Å²) in [6, 6.07) is 12.7. The van der Waals surface area contributed by atoms with Crippen molar-refractivity contribution >= 4 is 17.4 Å². The van der Waals surface area contributed by atoms with Crippen molar-refractivity contribution < 1.29 is 4.92 Å². The van der Waals surface area contributed by atoms with Gasteiger partial charge in [-0.3, -0.25) is 10.1 Å². The van der Waals surface area contributed by atoms with Gasteiger partial charge in [0.1, 0.15) is 0 Å². The fraction of sp³-hybridized carbons (Fsp3) is 0.235. The molecule has 0 saturated heterocycles. The molecule has 7 nitrogen and oxygen atoms in total. The molecule has 0 saturated carbocycles. The summed E-state index contributed by atoms with van der Waals surface area (Å²) in [5, 5.41) is 23.6. The van der Waals surface area contributed by atoms with Crippen molar-refractivity contribution in [2.24, 2.45) is 0 Å². The molecule has 3 rings (SSSR count). The number of hydrogen-bond donors (Lipinski definition) is 0. The van der Waals surface area contributed by atoms with E-state index >= 15 is 0 Å². The summed E-state index contributed by atoms with van der Waals surface area (Å²) in [6.07, 6.45) is 0. The molecule has 0 aliphatic rings. The number of rotatable bonds is 5. The smallest absolute Gasteiger partial charge is 0.258 e. The first-order chi connectivity index (χ1) is 12.0. The molecule has 0 N–H and O–H groups in total. The van der Waals surface area contributed by atoms with E-state index in [0.717, 1.165) is 16.8 Å². The number of aryl methyl sites for hydroxylation is 2. The molecule has 2 aromatic carbocycles. The van der Waals surface area contributed by atoms with Gasteiger partial charge in [0.2, 0.25) is 5.16 Å². The van der Waals surface area contributed by atoms with Crippen molar-refractivity contribution in [3.63, 3.8) is 0 Å². The second-order valence-electron chi connectivity index (χ2n) is 5.78. The maximum Gasteiger partial charge on any atom is 0.269 e. The summed E-state index contributed by atoms with van der Waals surface area (Å²) in [5.74, 6) is 0. The van der Waals surface area contributed by atoms with Crippen molar-refractivity contribution in [1.82, 2.24) is 20.2 Å². The molecule has 1 atom stereocenters. The van der Waals surface area contributed by atoms with Gasteiger partial charge in [-0.05, 0) is 48.4 Å². The van der Waals surface area contributed by atoms with Gasteiger partial charge in [0.15, 0.2) is 0 Å². The third-order valence-electron chi connectivity index (χ3n) is 3.85. The Morgan fingerprint density at radius 3 is 2.72 bits per heavy atom. The molecule has 0 fully saturated rings. The number of aromatic nitrogens is 4. The summed E-state index contributed by atoms with van der Waals surface area (Å²) in [6.45, 7) is 6.03. The fourth-order valence-electron chi connectivity index (χ4n) is 2.56. The largest absolute Gasteiger partial charge is 0.269 e. The Bertz CT molecular complexity index is 925. The fourth-order valence-corrected chi connectivity index (χ4v) is 3.48. The molecule has 1 unspecified atom stereocenters. The molecular weight excluding hydrogens is 338 g/mol. The molecule has 128 valence electrons. The van der Waals surface area contributed by atoms with E-state index in [1.807, 2.05) is 39.0 Å². The van der Waals surface area contributed by atoms with Gasteiger partial charge in [0.05, 0.1) is 10.6 Å². The van der Waals surface area contributed by atoms with Crippen molar-refractivity contribution in [1.29, 1.82) is 0 Å². The summed E-state index contributed by atoms with van der Waals surface area (Å²) < 4.78 is 1.70. The highest BCUT2D eigenvalue weighted by molar-refractivity contribution is 7.99. The van der Waals surface area contributed by atoms with E-state index in [9.17, 15) is 10.1 Å². The molecule has 0 bridgehead atoms. The summed E-state index contributed by atoms with van der Waals surface area (Å²) >= 11 is 1.46. The van der Waals surface area contributed by atoms with Crippen LogP contribution >= 0.6 is 11.8 Å². The Morgan fingerprint density at radius 1 is 1.20 bits per heavy atom. The average molecular weight is 355 g/mol. The molecular formula is C17H17N5O2S. The first-order valence-electron chi connectivity index (χ1n) is 7.72. The van der Waals surface area contributed by atoms with Crippen LogP contribution in [0.15, 0.2) is 47.6 Å². The third kappa shape index (κ3) is 3.69. The van der Waals surface area contributed by atoms with E-state index in [1.54, 1.807) is 16.8 Å². The summed E-state index contributed by atoms with van der Waals surface area (Å²) in [7, 11) is 0. The van der Waals surface area contributed by atoms with Gasteiger partial charge in [-0.25, -0.2) is 0 Å². The lowest BCUT2D eigenvalue weighted by molar-refractivity contribution is -0.384. The van der Waals surface area contributed by atoms with Gasteiger partial charge >= 0.3 is 0 Å². The zero-order valence-electron chi connectivity index (χ0n) is 14.1. The Balaban J connectivity index is 1.88. The lowest BCUT2D eigenvalue weighted by Gasteiger charge is -2.12. The Morgan fingerprint density at radius 2 is 2.00 bits per heavy atom. The van der Waals surface area contributed by atoms with Gasteiger partial charge in [0, 0.05) is 17.4 Å². The zero-order valence-corrected chi connectivity index (χ0v) is 14.9. The minimum Gasteiger partial charge on any atom is -0.258 e. The van der Waals surface area contributed by atoms with Crippen molar-refractivity contribution in [3.05, 3.63) is 69.3 Å². The highest BCUT2D eigenvalue weighted by Gasteiger charge is 2.17. The van der Waals surface area contributed by atoms with Crippen LogP contribution in [0.3, 0.4) is 0 Å². The molecule has 1 aromatic heterocycles. The van der Waals surface area contributed by atoms with Gasteiger partial charge in [0.25, 0.3) is 5.69 Å². The van der Waals surface area contributed by atoms with E-state index in [-0.39, 0.29) is 15.9 Å². The molecule has 0 spiro atoms. The standard InChI is InChI=1S/C17H17N5O2S/c1-11-7-8-16(12(2)9-11)21-17(18-19-20-21)25-13(3)14-5-4-6-15(10-14)22(23)24/h4-10,13H,1-3H3. The second kappa shape index (κ2) is 7.02. The van der Waals surface area contributed by atoms with Crippen LogP contribution in [0.2, 0.25) is 0 Å². The van der Waals surface area contributed by atoms with Crippen LogP contribution in [0.25, 0.3) is 5.69 Å². The third-order valence-corrected chi connectivity index (χ3v) is 4.95. The number of nitro benzene ring substituents is 1. The molecule has 0 aliphatic carbocycles. The first-order valence-corrected chi connectivity index (χ1v) is 8.60. The van der Waals surface area contributed by atoms with Crippen molar-refractivity contribution in [3.8, 4) is 5.69 Å². The zero-order chi connectivity index (χ0) is 18.0. The highest BCUT2D eigenvalue weighted by atomic mass is 32.2. The number of hydrogen-bond acceptors (Lipinski definition) is 6. The first kappa shape index (κ1) is 17.1. The van der Waals surface area contributed by atoms with Gasteiger partial charge in [-0.15, -0.1) is 5.10 Å². The van der Waals surface area contributed by atoms with Gasteiger partial charge in [-0.2, -0.15) is 4.68 Å². The predicted molar refractivity (Wildman–Crippen MR) is 96.0 cm³/mol. The predicted octanol–water partition coefficient (Wildman–Crippen LogP) is 4.04. The van der Waals surface area contributed by atoms with Crippen LogP contribution in [0.4, 0.5) is 5.69 Å². The monoisotopic (exact) mass is 355 g/mol. The number of thioether (sulfide) groups is 1. The molecule has 0 amide bonds. The van der Waals surface area contributed by atoms with E-state index in [2.05, 4.69) is 21.6 Å². The van der Waals surface area contributed by atoms with E-state index < -0.39 is 0 Å². The SMILES string of the molecule is Cc1ccc(-n2nnnc2SC(C)c2cccc([N+](=O)[O-])c2)c(C)c1. The van der Waals surface area contributed by atoms with Crippen LogP contribution in [0.5, 0.6) is 0 Å². The number of benzene rings is 2. The van der Waals surface area contributed by atoms with E-state index in [4.69, 9.17) is 0 Å². The van der Waals surface area contributed by atoms with E-state index in [0.29, 0.717) is 5.16 Å². The minimum absolute atomic E-state index is 0.0320. The number of tetrazole rings is 1. The van der Waals surface area contributed by atoms with Crippen LogP contribution in [0, 0.1) is 24.0 Å². The molecule has 0 aliphatic heterocycles. The molecule has 8 heteroatoms. The normalized spacial score (nSPS) is 12.1. The molecule has 0 radical (unpaired) electrons. The lowest BCUT2D eigenvalue weighted by atomic mass is 10.1. The molecule has 3 aromatic rings. The highest BCUT2D eigenvalue weighted by Crippen LogP contribution is 2.35. The quantitative estimate of drug-likeness (QED) is 0.390. The molecule has 25 heavy (non-hydrogen) atoms. The average Bonchev–Trinajstić information content (AvgIpc) is 3.02. The lowest BCUT2D eigenvalue weighted by Crippen LogP contribution is -2.03. The van der Waals surface area contributed by atoms with Crippen LogP contribution in [0.1, 0.15) is 28.9 Å². The van der Waals surface area contributed by atoms with Crippen LogP contribution in [-0.2, 0) is 0 Å². The van der Waals surface area contributed by atoms with Crippen molar-refractivity contribution in [2.75, 3.05) is 0 Å². The van der Waals surface area contributed by atoms with Gasteiger partial charge < -0.3 is 0 Å². The maximum atomic E-state index is 11.0. The topological polar surface area (TPSA) is 86.7 Å². The van der Waals surface area contributed by atoms with Crippen molar-refractivity contribution in [2.45, 2.75) is 31.2 Å². The Kier molecular flexibility index (Phi) is 4.80. The van der Waals surface area contributed by atoms with E-state index in [1.165, 1.54) is 23.4 Å².